The number of anilines is 1. The molecule has 0 aliphatic rings. The summed E-state index contributed by atoms with van der Waals surface area (Å²) in [6.45, 7) is 2.57. The number of carbonyl (C=O) groups excluding carboxylic acids is 1. The lowest BCUT2D eigenvalue weighted by Crippen LogP contribution is -2.22. The number of thiophene rings is 2. The van der Waals surface area contributed by atoms with Gasteiger partial charge < -0.3 is 11.1 Å². The van der Waals surface area contributed by atoms with Gasteiger partial charge in [0.15, 0.2) is 0 Å². The lowest BCUT2D eigenvalue weighted by molar-refractivity contribution is 0.0956. The van der Waals surface area contributed by atoms with Crippen LogP contribution < -0.4 is 11.1 Å². The van der Waals surface area contributed by atoms with E-state index in [4.69, 9.17) is 5.73 Å². The SMILES string of the molecule is Cc1ccc2sc(C(=O)NCc3cccs3)c(N)c2c1. The van der Waals surface area contributed by atoms with Crippen LogP contribution in [0.4, 0.5) is 5.69 Å². The summed E-state index contributed by atoms with van der Waals surface area (Å²) in [5, 5.41) is 5.89. The van der Waals surface area contributed by atoms with E-state index in [-0.39, 0.29) is 5.91 Å². The minimum atomic E-state index is -0.102. The third-order valence-corrected chi connectivity index (χ3v) is 5.15. The second-order valence-corrected chi connectivity index (χ2v) is 6.69. The number of aryl methyl sites for hydroxylation is 1. The molecule has 0 saturated carbocycles. The smallest absolute Gasteiger partial charge is 0.263 e. The monoisotopic (exact) mass is 302 g/mol. The van der Waals surface area contributed by atoms with Crippen LogP contribution in [0.3, 0.4) is 0 Å². The van der Waals surface area contributed by atoms with E-state index in [1.165, 1.54) is 11.3 Å². The first-order valence-electron chi connectivity index (χ1n) is 6.24. The van der Waals surface area contributed by atoms with Crippen molar-refractivity contribution in [2.24, 2.45) is 0 Å². The molecule has 0 unspecified atom stereocenters. The molecule has 0 atom stereocenters. The Labute approximate surface area is 125 Å². The van der Waals surface area contributed by atoms with Crippen molar-refractivity contribution in [3.63, 3.8) is 0 Å². The molecule has 2 aromatic heterocycles. The van der Waals surface area contributed by atoms with Crippen LogP contribution in [0.2, 0.25) is 0 Å². The van der Waals surface area contributed by atoms with E-state index in [0.29, 0.717) is 17.1 Å². The zero-order valence-electron chi connectivity index (χ0n) is 11.0. The molecule has 0 aliphatic carbocycles. The Hall–Kier alpha value is -1.85. The predicted molar refractivity (Wildman–Crippen MR) is 86.5 cm³/mol. The average Bonchev–Trinajstić information content (AvgIpc) is 3.05. The molecule has 2 heterocycles. The summed E-state index contributed by atoms with van der Waals surface area (Å²) < 4.78 is 1.05. The van der Waals surface area contributed by atoms with Gasteiger partial charge in [0, 0.05) is 15.0 Å². The number of carbonyl (C=O) groups is 1. The normalized spacial score (nSPS) is 10.8. The number of fused-ring (bicyclic) bond motifs is 1. The molecule has 102 valence electrons. The van der Waals surface area contributed by atoms with Gasteiger partial charge in [-0.2, -0.15) is 0 Å². The zero-order chi connectivity index (χ0) is 14.1. The van der Waals surface area contributed by atoms with Gasteiger partial charge in [-0.05, 0) is 30.5 Å². The van der Waals surface area contributed by atoms with Gasteiger partial charge in [0.1, 0.15) is 4.88 Å². The van der Waals surface area contributed by atoms with Gasteiger partial charge in [0.05, 0.1) is 12.2 Å². The van der Waals surface area contributed by atoms with Crippen molar-refractivity contribution in [1.82, 2.24) is 5.32 Å². The van der Waals surface area contributed by atoms with E-state index < -0.39 is 0 Å². The van der Waals surface area contributed by atoms with Crippen LogP contribution in [-0.2, 0) is 6.54 Å². The number of amides is 1. The summed E-state index contributed by atoms with van der Waals surface area (Å²) in [5.41, 5.74) is 7.84. The molecule has 0 radical (unpaired) electrons. The van der Waals surface area contributed by atoms with E-state index in [1.807, 2.05) is 42.6 Å². The molecule has 0 fully saturated rings. The number of hydrogen-bond donors (Lipinski definition) is 2. The minimum Gasteiger partial charge on any atom is -0.397 e. The van der Waals surface area contributed by atoms with Crippen molar-refractivity contribution < 1.29 is 4.79 Å². The quantitative estimate of drug-likeness (QED) is 0.773. The number of benzene rings is 1. The molecule has 1 aromatic carbocycles. The predicted octanol–water partition coefficient (Wildman–Crippen LogP) is 3.78. The number of nitrogen functional groups attached to an aromatic ring is 1. The molecular weight excluding hydrogens is 288 g/mol. The molecule has 20 heavy (non-hydrogen) atoms. The number of nitrogens with one attached hydrogen (secondary N) is 1. The van der Waals surface area contributed by atoms with Gasteiger partial charge in [-0.25, -0.2) is 0 Å². The van der Waals surface area contributed by atoms with Crippen LogP contribution in [0, 0.1) is 6.92 Å². The van der Waals surface area contributed by atoms with Crippen LogP contribution in [0.15, 0.2) is 35.7 Å². The molecule has 0 spiro atoms. The highest BCUT2D eigenvalue weighted by atomic mass is 32.1. The van der Waals surface area contributed by atoms with Crippen molar-refractivity contribution in [2.45, 2.75) is 13.5 Å². The van der Waals surface area contributed by atoms with Gasteiger partial charge in [0.2, 0.25) is 0 Å². The fourth-order valence-corrected chi connectivity index (χ4v) is 3.72. The fraction of sp³-hybridized carbons (Fsp3) is 0.133. The van der Waals surface area contributed by atoms with E-state index in [0.717, 1.165) is 20.5 Å². The summed E-state index contributed by atoms with van der Waals surface area (Å²) in [4.78, 5) is 14.0. The molecule has 0 aliphatic heterocycles. The van der Waals surface area contributed by atoms with Crippen LogP contribution >= 0.6 is 22.7 Å². The third-order valence-electron chi connectivity index (χ3n) is 3.09. The second-order valence-electron chi connectivity index (χ2n) is 4.61. The van der Waals surface area contributed by atoms with Gasteiger partial charge in [-0.3, -0.25) is 4.79 Å². The summed E-state index contributed by atoms with van der Waals surface area (Å²) in [7, 11) is 0. The van der Waals surface area contributed by atoms with Gasteiger partial charge in [-0.1, -0.05) is 17.7 Å². The molecule has 3 nitrogen and oxygen atoms in total. The molecule has 0 bridgehead atoms. The van der Waals surface area contributed by atoms with Gasteiger partial charge in [0.25, 0.3) is 5.91 Å². The Bertz CT molecular complexity index is 760. The molecule has 0 saturated heterocycles. The Morgan fingerprint density at radius 2 is 2.20 bits per heavy atom. The van der Waals surface area contributed by atoms with Crippen molar-refractivity contribution in [3.05, 3.63) is 51.0 Å². The third kappa shape index (κ3) is 2.42. The van der Waals surface area contributed by atoms with Crippen LogP contribution in [0.25, 0.3) is 10.1 Å². The molecule has 3 aromatic rings. The molecule has 3 N–H and O–H groups in total. The summed E-state index contributed by atoms with van der Waals surface area (Å²) in [6.07, 6.45) is 0. The summed E-state index contributed by atoms with van der Waals surface area (Å²) >= 11 is 3.07. The second kappa shape index (κ2) is 5.26. The van der Waals surface area contributed by atoms with E-state index in [2.05, 4.69) is 5.32 Å². The number of hydrogen-bond acceptors (Lipinski definition) is 4. The Morgan fingerprint density at radius 1 is 1.35 bits per heavy atom. The fourth-order valence-electron chi connectivity index (χ4n) is 2.06. The highest BCUT2D eigenvalue weighted by Gasteiger charge is 2.16. The van der Waals surface area contributed by atoms with Crippen LogP contribution in [0.1, 0.15) is 20.1 Å². The largest absolute Gasteiger partial charge is 0.397 e. The summed E-state index contributed by atoms with van der Waals surface area (Å²) in [6, 6.07) is 10.1. The van der Waals surface area contributed by atoms with Gasteiger partial charge >= 0.3 is 0 Å². The van der Waals surface area contributed by atoms with E-state index in [1.54, 1.807) is 11.3 Å². The van der Waals surface area contributed by atoms with Gasteiger partial charge in [-0.15, -0.1) is 22.7 Å². The molecule has 3 rings (SSSR count). The van der Waals surface area contributed by atoms with Crippen molar-refractivity contribution in [2.75, 3.05) is 5.73 Å². The molecular formula is C15H14N2OS2. The average molecular weight is 302 g/mol. The van der Waals surface area contributed by atoms with Crippen molar-refractivity contribution in [3.8, 4) is 0 Å². The Balaban J connectivity index is 1.86. The lowest BCUT2D eigenvalue weighted by Gasteiger charge is -2.02. The van der Waals surface area contributed by atoms with E-state index in [9.17, 15) is 4.79 Å². The zero-order valence-corrected chi connectivity index (χ0v) is 12.6. The Kier molecular flexibility index (Phi) is 3.46. The topological polar surface area (TPSA) is 55.1 Å². The lowest BCUT2D eigenvalue weighted by atomic mass is 10.1. The molecule has 5 heteroatoms. The van der Waals surface area contributed by atoms with E-state index >= 15 is 0 Å². The first-order chi connectivity index (χ1) is 9.65. The minimum absolute atomic E-state index is 0.102. The highest BCUT2D eigenvalue weighted by molar-refractivity contribution is 7.21. The van der Waals surface area contributed by atoms with Crippen molar-refractivity contribution in [1.29, 1.82) is 0 Å². The van der Waals surface area contributed by atoms with Crippen molar-refractivity contribution >= 4 is 44.4 Å². The van der Waals surface area contributed by atoms with Crippen LogP contribution in [-0.4, -0.2) is 5.91 Å². The number of rotatable bonds is 3. The maximum atomic E-state index is 12.2. The molecule has 1 amide bonds. The first-order valence-corrected chi connectivity index (χ1v) is 7.94. The highest BCUT2D eigenvalue weighted by Crippen LogP contribution is 2.34. The first kappa shape index (κ1) is 13.1. The van der Waals surface area contributed by atoms with Crippen LogP contribution in [0.5, 0.6) is 0 Å². The standard InChI is InChI=1S/C15H14N2OS2/c1-9-4-5-12-11(7-9)13(16)14(20-12)15(18)17-8-10-3-2-6-19-10/h2-7H,8,16H2,1H3,(H,17,18). The maximum Gasteiger partial charge on any atom is 0.263 e. The summed E-state index contributed by atoms with van der Waals surface area (Å²) in [5.74, 6) is -0.102. The number of nitrogens with two attached hydrogens (primary N) is 1. The maximum absolute atomic E-state index is 12.2. The Morgan fingerprint density at radius 3 is 2.95 bits per heavy atom.